The Bertz CT molecular complexity index is 991. The third kappa shape index (κ3) is 4.76. The summed E-state index contributed by atoms with van der Waals surface area (Å²) in [6.45, 7) is 8.45. The number of hydrogen-bond donors (Lipinski definition) is 1. The SMILES string of the molecule is Cc1ccc(C(C)C)c(OCc2ccc(C(=O)Nc3cc(Cl)ccc3C)o2)c1. The minimum atomic E-state index is -0.324. The van der Waals surface area contributed by atoms with E-state index >= 15 is 0 Å². The fourth-order valence-electron chi connectivity index (χ4n) is 2.88. The van der Waals surface area contributed by atoms with Gasteiger partial charge in [-0.2, -0.15) is 0 Å². The van der Waals surface area contributed by atoms with Crippen LogP contribution >= 0.6 is 11.6 Å². The Hall–Kier alpha value is -2.72. The standard InChI is InChI=1S/C23H24ClNO3/c1-14(2)19-9-5-15(3)11-22(19)27-13-18-8-10-21(28-18)23(26)25-20-12-17(24)7-6-16(20)4/h5-12,14H,13H2,1-4H3,(H,25,26). The van der Waals surface area contributed by atoms with Gasteiger partial charge in [0, 0.05) is 10.7 Å². The highest BCUT2D eigenvalue weighted by molar-refractivity contribution is 6.31. The maximum atomic E-state index is 12.5. The number of benzene rings is 2. The molecule has 0 saturated heterocycles. The van der Waals surface area contributed by atoms with Crippen LogP contribution in [-0.4, -0.2) is 5.91 Å². The first-order valence-corrected chi connectivity index (χ1v) is 9.61. The van der Waals surface area contributed by atoms with Gasteiger partial charge in [0.25, 0.3) is 5.91 Å². The normalized spacial score (nSPS) is 10.9. The lowest BCUT2D eigenvalue weighted by Crippen LogP contribution is -2.11. The molecule has 1 N–H and O–H groups in total. The highest BCUT2D eigenvalue weighted by Crippen LogP contribution is 2.28. The van der Waals surface area contributed by atoms with Crippen LogP contribution < -0.4 is 10.1 Å². The number of furan rings is 1. The van der Waals surface area contributed by atoms with Gasteiger partial charge >= 0.3 is 0 Å². The molecule has 4 nitrogen and oxygen atoms in total. The first kappa shape index (κ1) is 20.0. The Morgan fingerprint density at radius 3 is 2.64 bits per heavy atom. The molecule has 5 heteroatoms. The lowest BCUT2D eigenvalue weighted by molar-refractivity contribution is 0.0992. The van der Waals surface area contributed by atoms with Crippen molar-refractivity contribution in [2.45, 2.75) is 40.2 Å². The number of ether oxygens (including phenoxy) is 1. The van der Waals surface area contributed by atoms with E-state index in [0.29, 0.717) is 22.4 Å². The second kappa shape index (κ2) is 8.53. The van der Waals surface area contributed by atoms with Crippen molar-refractivity contribution in [3.05, 3.63) is 81.8 Å². The van der Waals surface area contributed by atoms with Crippen molar-refractivity contribution in [1.82, 2.24) is 0 Å². The third-order valence-corrected chi connectivity index (χ3v) is 4.73. The summed E-state index contributed by atoms with van der Waals surface area (Å²) >= 11 is 6.00. The fourth-order valence-corrected chi connectivity index (χ4v) is 3.05. The molecule has 0 bridgehead atoms. The molecule has 3 aromatic rings. The summed E-state index contributed by atoms with van der Waals surface area (Å²) in [5.74, 6) is 1.69. The third-order valence-electron chi connectivity index (χ3n) is 4.49. The van der Waals surface area contributed by atoms with Crippen LogP contribution in [0.5, 0.6) is 5.75 Å². The van der Waals surface area contributed by atoms with E-state index in [1.165, 1.54) is 0 Å². The topological polar surface area (TPSA) is 51.5 Å². The van der Waals surface area contributed by atoms with Gasteiger partial charge in [0.2, 0.25) is 0 Å². The predicted molar refractivity (Wildman–Crippen MR) is 112 cm³/mol. The molecule has 0 spiro atoms. The van der Waals surface area contributed by atoms with E-state index < -0.39 is 0 Å². The zero-order valence-electron chi connectivity index (χ0n) is 16.5. The molecule has 3 rings (SSSR count). The second-order valence-electron chi connectivity index (χ2n) is 7.16. The molecule has 0 radical (unpaired) electrons. The van der Waals surface area contributed by atoms with Gasteiger partial charge in [-0.15, -0.1) is 0 Å². The van der Waals surface area contributed by atoms with Gasteiger partial charge in [-0.3, -0.25) is 4.79 Å². The summed E-state index contributed by atoms with van der Waals surface area (Å²) in [4.78, 5) is 12.5. The number of hydrogen-bond acceptors (Lipinski definition) is 3. The minimum Gasteiger partial charge on any atom is -0.485 e. The van der Waals surface area contributed by atoms with Crippen LogP contribution in [0.4, 0.5) is 5.69 Å². The molecule has 1 heterocycles. The summed E-state index contributed by atoms with van der Waals surface area (Å²) < 4.78 is 11.6. The molecule has 1 amide bonds. The summed E-state index contributed by atoms with van der Waals surface area (Å²) in [7, 11) is 0. The zero-order valence-corrected chi connectivity index (χ0v) is 17.3. The van der Waals surface area contributed by atoms with Crippen molar-refractivity contribution in [2.75, 3.05) is 5.32 Å². The van der Waals surface area contributed by atoms with Crippen LogP contribution in [0.25, 0.3) is 0 Å². The first-order valence-electron chi connectivity index (χ1n) is 9.23. The van der Waals surface area contributed by atoms with Crippen LogP contribution in [0.1, 0.15) is 52.8 Å². The minimum absolute atomic E-state index is 0.228. The number of carbonyl (C=O) groups is 1. The zero-order chi connectivity index (χ0) is 20.3. The van der Waals surface area contributed by atoms with Crippen molar-refractivity contribution in [3.8, 4) is 5.75 Å². The summed E-state index contributed by atoms with van der Waals surface area (Å²) in [6.07, 6.45) is 0. The van der Waals surface area contributed by atoms with E-state index in [9.17, 15) is 4.79 Å². The lowest BCUT2D eigenvalue weighted by Gasteiger charge is -2.14. The number of halogens is 1. The largest absolute Gasteiger partial charge is 0.485 e. The van der Waals surface area contributed by atoms with Gasteiger partial charge in [0.1, 0.15) is 18.1 Å². The summed E-state index contributed by atoms with van der Waals surface area (Å²) in [5.41, 5.74) is 3.86. The molecule has 0 atom stereocenters. The van der Waals surface area contributed by atoms with E-state index in [4.69, 9.17) is 20.8 Å². The van der Waals surface area contributed by atoms with Gasteiger partial charge in [0.15, 0.2) is 5.76 Å². The van der Waals surface area contributed by atoms with Crippen LogP contribution in [0.15, 0.2) is 52.9 Å². The van der Waals surface area contributed by atoms with Gasteiger partial charge in [-0.05, 0) is 66.8 Å². The van der Waals surface area contributed by atoms with E-state index in [-0.39, 0.29) is 18.3 Å². The number of carbonyl (C=O) groups excluding carboxylic acids is 1. The smallest absolute Gasteiger partial charge is 0.291 e. The summed E-state index contributed by atoms with van der Waals surface area (Å²) in [6, 6.07) is 14.9. The Kier molecular flexibility index (Phi) is 6.10. The van der Waals surface area contributed by atoms with E-state index in [1.54, 1.807) is 24.3 Å². The molecule has 0 aliphatic rings. The average molecular weight is 398 g/mol. The van der Waals surface area contributed by atoms with Crippen LogP contribution in [-0.2, 0) is 6.61 Å². The first-order chi connectivity index (χ1) is 13.3. The molecule has 28 heavy (non-hydrogen) atoms. The number of anilines is 1. The molecule has 0 aliphatic carbocycles. The molecule has 0 unspecified atom stereocenters. The number of nitrogens with one attached hydrogen (secondary N) is 1. The molecule has 0 aliphatic heterocycles. The second-order valence-corrected chi connectivity index (χ2v) is 7.60. The Morgan fingerprint density at radius 2 is 1.89 bits per heavy atom. The molecule has 1 aromatic heterocycles. The monoisotopic (exact) mass is 397 g/mol. The average Bonchev–Trinajstić information content (AvgIpc) is 3.12. The van der Waals surface area contributed by atoms with Crippen molar-refractivity contribution in [3.63, 3.8) is 0 Å². The summed E-state index contributed by atoms with van der Waals surface area (Å²) in [5, 5.41) is 3.39. The van der Waals surface area contributed by atoms with E-state index in [1.807, 2.05) is 26.0 Å². The quantitative estimate of drug-likeness (QED) is 0.516. The van der Waals surface area contributed by atoms with Gasteiger partial charge in [-0.1, -0.05) is 43.6 Å². The number of amides is 1. The Balaban J connectivity index is 1.68. The molecule has 2 aromatic carbocycles. The van der Waals surface area contributed by atoms with E-state index in [2.05, 4.69) is 31.3 Å². The highest BCUT2D eigenvalue weighted by atomic mass is 35.5. The molecule has 0 saturated carbocycles. The Morgan fingerprint density at radius 1 is 1.11 bits per heavy atom. The van der Waals surface area contributed by atoms with Crippen LogP contribution in [0, 0.1) is 13.8 Å². The van der Waals surface area contributed by atoms with Crippen molar-refractivity contribution < 1.29 is 13.9 Å². The number of rotatable bonds is 6. The van der Waals surface area contributed by atoms with Crippen LogP contribution in [0.3, 0.4) is 0 Å². The number of aryl methyl sites for hydroxylation is 2. The Labute approximate surface area is 170 Å². The van der Waals surface area contributed by atoms with Crippen molar-refractivity contribution in [1.29, 1.82) is 0 Å². The van der Waals surface area contributed by atoms with Gasteiger partial charge < -0.3 is 14.5 Å². The van der Waals surface area contributed by atoms with Crippen molar-refractivity contribution >= 4 is 23.2 Å². The maximum absolute atomic E-state index is 12.5. The predicted octanol–water partition coefficient (Wildman–Crippen LogP) is 6.50. The maximum Gasteiger partial charge on any atom is 0.291 e. The van der Waals surface area contributed by atoms with Gasteiger partial charge in [-0.25, -0.2) is 0 Å². The fraction of sp³-hybridized carbons (Fsp3) is 0.261. The molecule has 146 valence electrons. The molecule has 0 fully saturated rings. The molecular weight excluding hydrogens is 374 g/mol. The highest BCUT2D eigenvalue weighted by Gasteiger charge is 2.14. The van der Waals surface area contributed by atoms with Gasteiger partial charge in [0.05, 0.1) is 0 Å². The van der Waals surface area contributed by atoms with Crippen LogP contribution in [0.2, 0.25) is 5.02 Å². The lowest BCUT2D eigenvalue weighted by atomic mass is 10.0. The molecular formula is C23H24ClNO3. The van der Waals surface area contributed by atoms with Crippen molar-refractivity contribution in [2.24, 2.45) is 0 Å². The van der Waals surface area contributed by atoms with E-state index in [0.717, 1.165) is 22.4 Å².